The fraction of sp³-hybridized carbons (Fsp3) is 0.909. The van der Waals surface area contributed by atoms with Crippen LogP contribution in [-0.4, -0.2) is 30.7 Å². The minimum Gasteiger partial charge on any atom is -0.378 e. The average molecular weight is 214 g/mol. The number of amides is 1. The van der Waals surface area contributed by atoms with E-state index in [4.69, 9.17) is 10.5 Å². The maximum atomic E-state index is 11.4. The van der Waals surface area contributed by atoms with Gasteiger partial charge in [-0.05, 0) is 25.8 Å². The molecule has 2 atom stereocenters. The monoisotopic (exact) mass is 214 g/mol. The van der Waals surface area contributed by atoms with Crippen LogP contribution in [0.5, 0.6) is 0 Å². The Morgan fingerprint density at radius 2 is 2.33 bits per heavy atom. The third-order valence-corrected chi connectivity index (χ3v) is 3.01. The van der Waals surface area contributed by atoms with Crippen molar-refractivity contribution in [1.82, 2.24) is 5.32 Å². The summed E-state index contributed by atoms with van der Waals surface area (Å²) < 4.78 is 5.66. The molecule has 0 aromatic rings. The molecule has 4 nitrogen and oxygen atoms in total. The zero-order chi connectivity index (χ0) is 11.3. The SMILES string of the molecule is CCCOC1CCC(NCC)(C(N)=O)C1. The molecule has 1 saturated carbocycles. The van der Waals surface area contributed by atoms with Crippen LogP contribution in [0.1, 0.15) is 39.5 Å². The fourth-order valence-electron chi connectivity index (χ4n) is 2.24. The van der Waals surface area contributed by atoms with Crippen LogP contribution < -0.4 is 11.1 Å². The van der Waals surface area contributed by atoms with Gasteiger partial charge in [0.15, 0.2) is 0 Å². The van der Waals surface area contributed by atoms with Gasteiger partial charge in [0, 0.05) is 13.0 Å². The number of nitrogens with one attached hydrogen (secondary N) is 1. The molecule has 0 aromatic carbocycles. The Balaban J connectivity index is 2.52. The van der Waals surface area contributed by atoms with E-state index >= 15 is 0 Å². The lowest BCUT2D eigenvalue weighted by Gasteiger charge is -2.26. The summed E-state index contributed by atoms with van der Waals surface area (Å²) in [4.78, 5) is 11.4. The Bertz CT molecular complexity index is 221. The van der Waals surface area contributed by atoms with Crippen LogP contribution in [0, 0.1) is 0 Å². The summed E-state index contributed by atoms with van der Waals surface area (Å²) in [6.07, 6.45) is 3.65. The molecule has 0 bridgehead atoms. The molecule has 88 valence electrons. The Kier molecular flexibility index (Phi) is 4.54. The van der Waals surface area contributed by atoms with Crippen molar-refractivity contribution < 1.29 is 9.53 Å². The third-order valence-electron chi connectivity index (χ3n) is 3.01. The number of ether oxygens (including phenoxy) is 1. The van der Waals surface area contributed by atoms with Gasteiger partial charge in [0.25, 0.3) is 0 Å². The number of primary amides is 1. The summed E-state index contributed by atoms with van der Waals surface area (Å²) in [5, 5.41) is 3.21. The zero-order valence-corrected chi connectivity index (χ0v) is 9.71. The first-order chi connectivity index (χ1) is 7.14. The highest BCUT2D eigenvalue weighted by Gasteiger charge is 2.43. The molecule has 1 rings (SSSR count). The molecule has 2 unspecified atom stereocenters. The highest BCUT2D eigenvalue weighted by Crippen LogP contribution is 2.31. The van der Waals surface area contributed by atoms with E-state index in [-0.39, 0.29) is 12.0 Å². The minimum absolute atomic E-state index is 0.191. The van der Waals surface area contributed by atoms with E-state index in [0.29, 0.717) is 0 Å². The maximum absolute atomic E-state index is 11.4. The second-order valence-electron chi connectivity index (χ2n) is 4.21. The van der Waals surface area contributed by atoms with Crippen LogP contribution in [0.2, 0.25) is 0 Å². The molecule has 1 amide bonds. The average Bonchev–Trinajstić information content (AvgIpc) is 2.60. The van der Waals surface area contributed by atoms with Crippen molar-refractivity contribution in [3.63, 3.8) is 0 Å². The standard InChI is InChI=1S/C11H22N2O2/c1-3-7-15-9-5-6-11(8-9,10(12)14)13-4-2/h9,13H,3-8H2,1-2H3,(H2,12,14). The number of hydrogen-bond acceptors (Lipinski definition) is 3. The van der Waals surface area contributed by atoms with Crippen LogP contribution in [0.15, 0.2) is 0 Å². The van der Waals surface area contributed by atoms with Crippen molar-refractivity contribution in [2.75, 3.05) is 13.2 Å². The molecular weight excluding hydrogens is 192 g/mol. The quantitative estimate of drug-likeness (QED) is 0.687. The molecule has 1 aliphatic rings. The van der Waals surface area contributed by atoms with E-state index in [1.165, 1.54) is 0 Å². The first-order valence-corrected chi connectivity index (χ1v) is 5.81. The summed E-state index contributed by atoms with van der Waals surface area (Å²) in [5.74, 6) is -0.244. The molecule has 0 aromatic heterocycles. The highest BCUT2D eigenvalue weighted by molar-refractivity contribution is 5.85. The molecule has 4 heteroatoms. The van der Waals surface area contributed by atoms with Crippen molar-refractivity contribution in [2.24, 2.45) is 5.73 Å². The molecule has 0 radical (unpaired) electrons. The molecular formula is C11H22N2O2. The summed E-state index contributed by atoms with van der Waals surface area (Å²) in [6, 6.07) is 0. The smallest absolute Gasteiger partial charge is 0.237 e. The van der Waals surface area contributed by atoms with Crippen molar-refractivity contribution in [3.8, 4) is 0 Å². The number of nitrogens with two attached hydrogens (primary N) is 1. The lowest BCUT2D eigenvalue weighted by Crippen LogP contribution is -2.53. The van der Waals surface area contributed by atoms with Crippen LogP contribution in [0.3, 0.4) is 0 Å². The molecule has 0 saturated heterocycles. The molecule has 0 aliphatic heterocycles. The van der Waals surface area contributed by atoms with Gasteiger partial charge in [0.05, 0.1) is 6.10 Å². The minimum atomic E-state index is -0.521. The molecule has 1 aliphatic carbocycles. The van der Waals surface area contributed by atoms with E-state index < -0.39 is 5.54 Å². The summed E-state index contributed by atoms with van der Waals surface area (Å²) in [6.45, 7) is 5.61. The van der Waals surface area contributed by atoms with Crippen molar-refractivity contribution in [3.05, 3.63) is 0 Å². The predicted octanol–water partition coefficient (Wildman–Crippen LogP) is 0.799. The maximum Gasteiger partial charge on any atom is 0.237 e. The van der Waals surface area contributed by atoms with Gasteiger partial charge in [-0.2, -0.15) is 0 Å². The third kappa shape index (κ3) is 2.92. The highest BCUT2D eigenvalue weighted by atomic mass is 16.5. The number of rotatable bonds is 6. The van der Waals surface area contributed by atoms with E-state index in [1.54, 1.807) is 0 Å². The Hall–Kier alpha value is -0.610. The number of likely N-dealkylation sites (N-methyl/N-ethyl adjacent to an activating group) is 1. The fourth-order valence-corrected chi connectivity index (χ4v) is 2.24. The molecule has 0 spiro atoms. The Morgan fingerprint density at radius 3 is 2.87 bits per heavy atom. The van der Waals surface area contributed by atoms with E-state index in [9.17, 15) is 4.79 Å². The number of hydrogen-bond donors (Lipinski definition) is 2. The largest absolute Gasteiger partial charge is 0.378 e. The topological polar surface area (TPSA) is 64.3 Å². The second-order valence-corrected chi connectivity index (χ2v) is 4.21. The second kappa shape index (κ2) is 5.47. The lowest BCUT2D eigenvalue weighted by atomic mass is 9.96. The zero-order valence-electron chi connectivity index (χ0n) is 9.71. The molecule has 3 N–H and O–H groups in total. The number of carbonyl (C=O) groups is 1. The summed E-state index contributed by atoms with van der Waals surface area (Å²) in [5.41, 5.74) is 4.93. The van der Waals surface area contributed by atoms with Gasteiger partial charge < -0.3 is 15.8 Å². The molecule has 1 fully saturated rings. The van der Waals surface area contributed by atoms with Gasteiger partial charge in [0.1, 0.15) is 5.54 Å². The van der Waals surface area contributed by atoms with E-state index in [2.05, 4.69) is 12.2 Å². The van der Waals surface area contributed by atoms with E-state index in [0.717, 1.165) is 38.8 Å². The van der Waals surface area contributed by atoms with Gasteiger partial charge in [0.2, 0.25) is 5.91 Å². The first-order valence-electron chi connectivity index (χ1n) is 5.81. The molecule has 15 heavy (non-hydrogen) atoms. The van der Waals surface area contributed by atoms with Crippen molar-refractivity contribution in [1.29, 1.82) is 0 Å². The van der Waals surface area contributed by atoms with Gasteiger partial charge in [-0.15, -0.1) is 0 Å². The van der Waals surface area contributed by atoms with Gasteiger partial charge in [-0.3, -0.25) is 4.79 Å². The van der Waals surface area contributed by atoms with Crippen LogP contribution in [0.25, 0.3) is 0 Å². The van der Waals surface area contributed by atoms with Crippen LogP contribution >= 0.6 is 0 Å². The van der Waals surface area contributed by atoms with Gasteiger partial charge in [-0.1, -0.05) is 13.8 Å². The number of carbonyl (C=O) groups excluding carboxylic acids is 1. The Morgan fingerprint density at radius 1 is 1.60 bits per heavy atom. The summed E-state index contributed by atoms with van der Waals surface area (Å²) in [7, 11) is 0. The predicted molar refractivity (Wildman–Crippen MR) is 59.5 cm³/mol. The summed E-state index contributed by atoms with van der Waals surface area (Å²) >= 11 is 0. The van der Waals surface area contributed by atoms with Crippen LogP contribution in [0.4, 0.5) is 0 Å². The first kappa shape index (κ1) is 12.5. The van der Waals surface area contributed by atoms with Crippen molar-refractivity contribution in [2.45, 2.75) is 51.2 Å². The van der Waals surface area contributed by atoms with E-state index in [1.807, 2.05) is 6.92 Å². The van der Waals surface area contributed by atoms with Gasteiger partial charge >= 0.3 is 0 Å². The lowest BCUT2D eigenvalue weighted by molar-refractivity contribution is -0.124. The van der Waals surface area contributed by atoms with Crippen LogP contribution in [-0.2, 0) is 9.53 Å². The normalized spacial score (nSPS) is 30.7. The molecule has 0 heterocycles. The Labute approximate surface area is 91.5 Å². The van der Waals surface area contributed by atoms with Crippen molar-refractivity contribution >= 4 is 5.91 Å². The van der Waals surface area contributed by atoms with Gasteiger partial charge in [-0.25, -0.2) is 0 Å².